The zero-order valence-corrected chi connectivity index (χ0v) is 12.3. The summed E-state index contributed by atoms with van der Waals surface area (Å²) in [6.07, 6.45) is 2.06. The van der Waals surface area contributed by atoms with Crippen molar-refractivity contribution in [3.63, 3.8) is 0 Å². The molecule has 0 unspecified atom stereocenters. The first-order valence-corrected chi connectivity index (χ1v) is 7.05. The van der Waals surface area contributed by atoms with Gasteiger partial charge < -0.3 is 9.30 Å². The Kier molecular flexibility index (Phi) is 4.83. The van der Waals surface area contributed by atoms with E-state index < -0.39 is 0 Å². The Morgan fingerprint density at radius 2 is 1.65 bits per heavy atom. The smallest absolute Gasteiger partial charge is 0.129 e. The first-order chi connectivity index (χ1) is 9.84. The third-order valence-corrected chi connectivity index (χ3v) is 3.13. The highest BCUT2D eigenvalue weighted by Gasteiger charge is 2.04. The van der Waals surface area contributed by atoms with Crippen LogP contribution in [0.3, 0.4) is 0 Å². The number of aromatic nitrogens is 1. The summed E-state index contributed by atoms with van der Waals surface area (Å²) in [6.45, 7) is 4.61. The minimum atomic E-state index is 0.606. The van der Waals surface area contributed by atoms with E-state index in [0.29, 0.717) is 6.61 Å². The van der Waals surface area contributed by atoms with Crippen LogP contribution in [0.25, 0.3) is 10.9 Å². The number of rotatable bonds is 3. The van der Waals surface area contributed by atoms with Gasteiger partial charge >= 0.3 is 0 Å². The zero-order chi connectivity index (χ0) is 14.4. The van der Waals surface area contributed by atoms with Crippen LogP contribution in [0, 0.1) is 0 Å². The fourth-order valence-electron chi connectivity index (χ4n) is 2.14. The van der Waals surface area contributed by atoms with E-state index in [1.54, 1.807) is 0 Å². The Morgan fingerprint density at radius 3 is 2.40 bits per heavy atom. The van der Waals surface area contributed by atoms with Crippen LogP contribution in [-0.4, -0.2) is 4.57 Å². The van der Waals surface area contributed by atoms with Crippen molar-refractivity contribution in [2.45, 2.75) is 20.5 Å². The number of fused-ring (bicyclic) bond motifs is 1. The molecule has 0 fully saturated rings. The van der Waals surface area contributed by atoms with E-state index >= 15 is 0 Å². The topological polar surface area (TPSA) is 14.2 Å². The second-order valence-electron chi connectivity index (χ2n) is 4.39. The lowest BCUT2D eigenvalue weighted by molar-refractivity contribution is 0.310. The lowest BCUT2D eigenvalue weighted by Gasteiger charge is -2.07. The van der Waals surface area contributed by atoms with Gasteiger partial charge in [0.25, 0.3) is 0 Å². The highest BCUT2D eigenvalue weighted by Crippen LogP contribution is 2.26. The average molecular weight is 267 g/mol. The third kappa shape index (κ3) is 3.02. The van der Waals surface area contributed by atoms with Crippen molar-refractivity contribution in [3.8, 4) is 5.75 Å². The molecule has 0 aliphatic rings. The standard InChI is InChI=1S/C16H15NO.C2H6/c1-17-11-10-14-15(17)8-5-9-16(14)18-12-13-6-3-2-4-7-13;1-2/h2-11H,12H2,1H3;1-2H3. The van der Waals surface area contributed by atoms with E-state index in [9.17, 15) is 0 Å². The van der Waals surface area contributed by atoms with Gasteiger partial charge in [0, 0.05) is 18.6 Å². The van der Waals surface area contributed by atoms with Crippen molar-refractivity contribution in [2.75, 3.05) is 0 Å². The van der Waals surface area contributed by atoms with Crippen molar-refractivity contribution in [1.29, 1.82) is 0 Å². The minimum Gasteiger partial charge on any atom is -0.488 e. The number of nitrogens with zero attached hydrogens (tertiary/aromatic N) is 1. The number of benzene rings is 2. The molecule has 1 heterocycles. The van der Waals surface area contributed by atoms with Gasteiger partial charge in [-0.25, -0.2) is 0 Å². The predicted octanol–water partition coefficient (Wildman–Crippen LogP) is 4.78. The van der Waals surface area contributed by atoms with E-state index in [2.05, 4.69) is 35.0 Å². The van der Waals surface area contributed by atoms with Crippen LogP contribution in [0.4, 0.5) is 0 Å². The molecule has 20 heavy (non-hydrogen) atoms. The van der Waals surface area contributed by atoms with Crippen molar-refractivity contribution in [1.82, 2.24) is 4.57 Å². The Hall–Kier alpha value is -2.22. The van der Waals surface area contributed by atoms with Gasteiger partial charge in [0.05, 0.1) is 5.52 Å². The summed E-state index contributed by atoms with van der Waals surface area (Å²) in [5, 5.41) is 1.16. The molecular formula is C18H21NO. The molecule has 0 spiro atoms. The highest BCUT2D eigenvalue weighted by atomic mass is 16.5. The van der Waals surface area contributed by atoms with E-state index in [4.69, 9.17) is 4.74 Å². The Morgan fingerprint density at radius 1 is 0.900 bits per heavy atom. The van der Waals surface area contributed by atoms with Crippen LogP contribution in [0.15, 0.2) is 60.8 Å². The molecule has 1 aromatic heterocycles. The first-order valence-electron chi connectivity index (χ1n) is 7.05. The lowest BCUT2D eigenvalue weighted by Crippen LogP contribution is -1.95. The van der Waals surface area contributed by atoms with Gasteiger partial charge in [-0.1, -0.05) is 50.2 Å². The van der Waals surface area contributed by atoms with Crippen molar-refractivity contribution >= 4 is 10.9 Å². The summed E-state index contributed by atoms with van der Waals surface area (Å²) in [7, 11) is 2.04. The molecule has 3 aromatic rings. The molecule has 0 radical (unpaired) electrons. The van der Waals surface area contributed by atoms with E-state index in [1.165, 1.54) is 11.1 Å². The Balaban J connectivity index is 0.000000704. The van der Waals surface area contributed by atoms with Crippen molar-refractivity contribution < 1.29 is 4.74 Å². The zero-order valence-electron chi connectivity index (χ0n) is 12.3. The molecule has 0 amide bonds. The lowest BCUT2D eigenvalue weighted by atomic mass is 10.2. The summed E-state index contributed by atoms with van der Waals surface area (Å²) in [4.78, 5) is 0. The number of ether oxygens (including phenoxy) is 1. The second kappa shape index (κ2) is 6.80. The van der Waals surface area contributed by atoms with E-state index in [-0.39, 0.29) is 0 Å². The van der Waals surface area contributed by atoms with Gasteiger partial charge in [-0.15, -0.1) is 0 Å². The molecule has 0 aliphatic heterocycles. The van der Waals surface area contributed by atoms with Crippen LogP contribution >= 0.6 is 0 Å². The van der Waals surface area contributed by atoms with Crippen LogP contribution in [0.1, 0.15) is 19.4 Å². The SMILES string of the molecule is CC.Cn1ccc2c(OCc3ccccc3)cccc21. The van der Waals surface area contributed by atoms with Gasteiger partial charge in [0.15, 0.2) is 0 Å². The maximum absolute atomic E-state index is 5.91. The second-order valence-corrected chi connectivity index (χ2v) is 4.39. The minimum absolute atomic E-state index is 0.606. The summed E-state index contributed by atoms with van der Waals surface area (Å²) >= 11 is 0. The Bertz CT molecular complexity index is 655. The van der Waals surface area contributed by atoms with Gasteiger partial charge in [-0.05, 0) is 23.8 Å². The molecule has 0 atom stereocenters. The monoisotopic (exact) mass is 267 g/mol. The van der Waals surface area contributed by atoms with Gasteiger partial charge in [-0.3, -0.25) is 0 Å². The molecule has 104 valence electrons. The number of hydrogen-bond donors (Lipinski definition) is 0. The largest absolute Gasteiger partial charge is 0.488 e. The van der Waals surface area contributed by atoms with Crippen LogP contribution < -0.4 is 4.74 Å². The maximum Gasteiger partial charge on any atom is 0.129 e. The van der Waals surface area contributed by atoms with Gasteiger partial charge in [0.1, 0.15) is 12.4 Å². The number of aryl methyl sites for hydroxylation is 1. The molecule has 0 N–H and O–H groups in total. The predicted molar refractivity (Wildman–Crippen MR) is 85.0 cm³/mol. The maximum atomic E-state index is 5.91. The fourth-order valence-corrected chi connectivity index (χ4v) is 2.14. The van der Waals surface area contributed by atoms with Crippen LogP contribution in [0.5, 0.6) is 5.75 Å². The van der Waals surface area contributed by atoms with Crippen LogP contribution in [0.2, 0.25) is 0 Å². The molecule has 2 heteroatoms. The summed E-state index contributed by atoms with van der Waals surface area (Å²) < 4.78 is 8.01. The fraction of sp³-hybridized carbons (Fsp3) is 0.222. The normalized spacial score (nSPS) is 9.95. The van der Waals surface area contributed by atoms with E-state index in [0.717, 1.165) is 11.1 Å². The molecule has 2 nitrogen and oxygen atoms in total. The molecule has 3 rings (SSSR count). The first kappa shape index (κ1) is 14.2. The van der Waals surface area contributed by atoms with Crippen molar-refractivity contribution in [3.05, 3.63) is 66.4 Å². The molecule has 0 saturated heterocycles. The number of hydrogen-bond acceptors (Lipinski definition) is 1. The van der Waals surface area contributed by atoms with Gasteiger partial charge in [0.2, 0.25) is 0 Å². The molecule has 0 bridgehead atoms. The third-order valence-electron chi connectivity index (χ3n) is 3.13. The summed E-state index contributed by atoms with van der Waals surface area (Å²) in [6, 6.07) is 18.5. The molecule has 0 saturated carbocycles. The van der Waals surface area contributed by atoms with Crippen LogP contribution in [-0.2, 0) is 13.7 Å². The summed E-state index contributed by atoms with van der Waals surface area (Å²) in [5.74, 6) is 0.942. The highest BCUT2D eigenvalue weighted by molar-refractivity contribution is 5.86. The molecule has 0 aliphatic carbocycles. The molecular weight excluding hydrogens is 246 g/mol. The molecule has 2 aromatic carbocycles. The van der Waals surface area contributed by atoms with Crippen molar-refractivity contribution in [2.24, 2.45) is 7.05 Å². The average Bonchev–Trinajstić information content (AvgIpc) is 2.90. The quantitative estimate of drug-likeness (QED) is 0.666. The summed E-state index contributed by atoms with van der Waals surface area (Å²) in [5.41, 5.74) is 2.38. The van der Waals surface area contributed by atoms with E-state index in [1.807, 2.05) is 51.2 Å². The Labute approximate surface area is 120 Å². The van der Waals surface area contributed by atoms with Gasteiger partial charge in [-0.2, -0.15) is 0 Å².